The summed E-state index contributed by atoms with van der Waals surface area (Å²) in [5, 5.41) is 3.07. The van der Waals surface area contributed by atoms with Gasteiger partial charge in [-0.25, -0.2) is 0 Å². The van der Waals surface area contributed by atoms with Gasteiger partial charge in [0.1, 0.15) is 0 Å². The minimum atomic E-state index is 0.170. The first-order valence-electron chi connectivity index (χ1n) is 6.74. The summed E-state index contributed by atoms with van der Waals surface area (Å²) in [5.74, 6) is 0.170. The molecule has 0 bridgehead atoms. The maximum atomic E-state index is 12.3. The van der Waals surface area contributed by atoms with E-state index in [0.29, 0.717) is 0 Å². The standard InChI is InChI=1S/C14H22N2OS/c1-15-8-9-16(2)14(17)13-10-11-6-4-3-5-7-12(11)18-13/h10,15H,3-9H2,1-2H3. The number of amides is 1. The third kappa shape index (κ3) is 3.12. The van der Waals surface area contributed by atoms with Crippen LogP contribution in [0.4, 0.5) is 0 Å². The van der Waals surface area contributed by atoms with Crippen molar-refractivity contribution in [2.45, 2.75) is 32.1 Å². The summed E-state index contributed by atoms with van der Waals surface area (Å²) >= 11 is 1.71. The van der Waals surface area contributed by atoms with E-state index < -0.39 is 0 Å². The third-order valence-electron chi connectivity index (χ3n) is 3.50. The van der Waals surface area contributed by atoms with Crippen LogP contribution in [0.3, 0.4) is 0 Å². The Morgan fingerprint density at radius 2 is 2.17 bits per heavy atom. The Kier molecular flexibility index (Phi) is 4.78. The molecule has 1 aromatic rings. The molecular weight excluding hydrogens is 244 g/mol. The molecule has 18 heavy (non-hydrogen) atoms. The molecule has 0 aromatic carbocycles. The topological polar surface area (TPSA) is 32.3 Å². The van der Waals surface area contributed by atoms with Gasteiger partial charge in [-0.3, -0.25) is 4.79 Å². The van der Waals surface area contributed by atoms with Crippen molar-refractivity contribution in [2.24, 2.45) is 0 Å². The maximum Gasteiger partial charge on any atom is 0.263 e. The zero-order chi connectivity index (χ0) is 13.0. The highest BCUT2D eigenvalue weighted by Gasteiger charge is 2.18. The van der Waals surface area contributed by atoms with Gasteiger partial charge >= 0.3 is 0 Å². The van der Waals surface area contributed by atoms with Gasteiger partial charge < -0.3 is 10.2 Å². The number of fused-ring (bicyclic) bond motifs is 1. The van der Waals surface area contributed by atoms with Gasteiger partial charge in [0.05, 0.1) is 4.88 Å². The van der Waals surface area contributed by atoms with Crippen LogP contribution in [0.5, 0.6) is 0 Å². The van der Waals surface area contributed by atoms with E-state index in [1.165, 1.54) is 29.7 Å². The van der Waals surface area contributed by atoms with E-state index in [4.69, 9.17) is 0 Å². The number of nitrogens with zero attached hydrogens (tertiary/aromatic N) is 1. The lowest BCUT2D eigenvalue weighted by atomic mass is 10.1. The lowest BCUT2D eigenvalue weighted by Gasteiger charge is -2.15. The van der Waals surface area contributed by atoms with Gasteiger partial charge in [0.2, 0.25) is 0 Å². The second-order valence-corrected chi connectivity index (χ2v) is 6.09. The number of aryl methyl sites for hydroxylation is 2. The van der Waals surface area contributed by atoms with Crippen molar-refractivity contribution in [3.8, 4) is 0 Å². The molecule has 0 fully saturated rings. The average molecular weight is 266 g/mol. The molecule has 0 spiro atoms. The van der Waals surface area contributed by atoms with Crippen molar-refractivity contribution in [3.05, 3.63) is 21.4 Å². The fraction of sp³-hybridized carbons (Fsp3) is 0.643. The molecule has 3 nitrogen and oxygen atoms in total. The number of nitrogens with one attached hydrogen (secondary N) is 1. The largest absolute Gasteiger partial charge is 0.340 e. The molecule has 4 heteroatoms. The number of hydrogen-bond acceptors (Lipinski definition) is 3. The van der Waals surface area contributed by atoms with Crippen molar-refractivity contribution in [1.29, 1.82) is 0 Å². The molecule has 1 aliphatic carbocycles. The van der Waals surface area contributed by atoms with Crippen LogP contribution in [0.2, 0.25) is 0 Å². The van der Waals surface area contributed by atoms with Crippen molar-refractivity contribution < 1.29 is 4.79 Å². The van der Waals surface area contributed by atoms with E-state index in [1.54, 1.807) is 11.3 Å². The molecule has 0 unspecified atom stereocenters. The summed E-state index contributed by atoms with van der Waals surface area (Å²) in [7, 11) is 3.79. The van der Waals surface area contributed by atoms with Gasteiger partial charge in [-0.15, -0.1) is 11.3 Å². The van der Waals surface area contributed by atoms with Gasteiger partial charge in [-0.05, 0) is 44.4 Å². The Balaban J connectivity index is 2.06. The number of rotatable bonds is 4. The van der Waals surface area contributed by atoms with Gasteiger partial charge in [0.25, 0.3) is 5.91 Å². The molecule has 0 saturated heterocycles. The Morgan fingerprint density at radius 1 is 1.39 bits per heavy atom. The predicted octanol–water partition coefficient (Wildman–Crippen LogP) is 2.31. The van der Waals surface area contributed by atoms with Crippen LogP contribution in [-0.2, 0) is 12.8 Å². The molecule has 1 amide bonds. The monoisotopic (exact) mass is 266 g/mol. The van der Waals surface area contributed by atoms with Gasteiger partial charge in [-0.2, -0.15) is 0 Å². The number of carbonyl (C=O) groups excluding carboxylic acids is 1. The van der Waals surface area contributed by atoms with Crippen LogP contribution in [-0.4, -0.2) is 38.0 Å². The van der Waals surface area contributed by atoms with Gasteiger partial charge in [0, 0.05) is 25.0 Å². The molecule has 1 aromatic heterocycles. The zero-order valence-electron chi connectivity index (χ0n) is 11.3. The molecular formula is C14H22N2OS. The molecule has 1 aliphatic rings. The third-order valence-corrected chi connectivity index (χ3v) is 4.73. The summed E-state index contributed by atoms with van der Waals surface area (Å²) < 4.78 is 0. The summed E-state index contributed by atoms with van der Waals surface area (Å²) in [6, 6.07) is 2.13. The van der Waals surface area contributed by atoms with E-state index in [2.05, 4.69) is 11.4 Å². The Morgan fingerprint density at radius 3 is 2.94 bits per heavy atom. The smallest absolute Gasteiger partial charge is 0.263 e. The van der Waals surface area contributed by atoms with Crippen molar-refractivity contribution in [2.75, 3.05) is 27.2 Å². The van der Waals surface area contributed by atoms with Crippen molar-refractivity contribution in [1.82, 2.24) is 10.2 Å². The molecule has 2 rings (SSSR count). The Bertz CT molecular complexity index is 390. The van der Waals surface area contributed by atoms with Crippen LogP contribution in [0.15, 0.2) is 6.07 Å². The fourth-order valence-electron chi connectivity index (χ4n) is 2.34. The van der Waals surface area contributed by atoms with Crippen molar-refractivity contribution in [3.63, 3.8) is 0 Å². The van der Waals surface area contributed by atoms with Crippen LogP contribution in [0, 0.1) is 0 Å². The van der Waals surface area contributed by atoms with Crippen LogP contribution in [0.1, 0.15) is 39.4 Å². The maximum absolute atomic E-state index is 12.3. The SMILES string of the molecule is CNCCN(C)C(=O)c1cc2c(s1)CCCCC2. The summed E-state index contributed by atoms with van der Waals surface area (Å²) in [4.78, 5) is 16.4. The van der Waals surface area contributed by atoms with E-state index in [0.717, 1.165) is 30.8 Å². The fourth-order valence-corrected chi connectivity index (χ4v) is 3.59. The zero-order valence-corrected chi connectivity index (χ0v) is 12.1. The van der Waals surface area contributed by atoms with Crippen LogP contribution < -0.4 is 5.32 Å². The quantitative estimate of drug-likeness (QED) is 0.848. The molecule has 0 saturated carbocycles. The summed E-state index contributed by atoms with van der Waals surface area (Å²) in [6.45, 7) is 1.60. The van der Waals surface area contributed by atoms with Crippen LogP contribution >= 0.6 is 11.3 Å². The van der Waals surface area contributed by atoms with E-state index in [1.807, 2.05) is 19.0 Å². The Hall–Kier alpha value is -0.870. The summed E-state index contributed by atoms with van der Waals surface area (Å²) in [5.41, 5.74) is 1.42. The average Bonchev–Trinajstić information content (AvgIpc) is 2.66. The van der Waals surface area contributed by atoms with E-state index in [9.17, 15) is 4.79 Å². The first-order valence-corrected chi connectivity index (χ1v) is 7.55. The van der Waals surface area contributed by atoms with Crippen molar-refractivity contribution >= 4 is 17.2 Å². The summed E-state index contributed by atoms with van der Waals surface area (Å²) in [6.07, 6.45) is 6.18. The lowest BCUT2D eigenvalue weighted by Crippen LogP contribution is -2.32. The molecule has 0 aliphatic heterocycles. The lowest BCUT2D eigenvalue weighted by molar-refractivity contribution is 0.0801. The number of likely N-dealkylation sites (N-methyl/N-ethyl adjacent to an activating group) is 2. The van der Waals surface area contributed by atoms with E-state index in [-0.39, 0.29) is 5.91 Å². The highest BCUT2D eigenvalue weighted by atomic mass is 32.1. The highest BCUT2D eigenvalue weighted by molar-refractivity contribution is 7.14. The second kappa shape index (κ2) is 6.34. The minimum absolute atomic E-state index is 0.170. The molecule has 1 heterocycles. The number of hydrogen-bond donors (Lipinski definition) is 1. The number of carbonyl (C=O) groups is 1. The predicted molar refractivity (Wildman–Crippen MR) is 76.5 cm³/mol. The number of thiophene rings is 1. The second-order valence-electron chi connectivity index (χ2n) is 4.95. The molecule has 1 N–H and O–H groups in total. The Labute approximate surface area is 113 Å². The van der Waals surface area contributed by atoms with Gasteiger partial charge in [-0.1, -0.05) is 6.42 Å². The molecule has 100 valence electrons. The van der Waals surface area contributed by atoms with E-state index >= 15 is 0 Å². The molecule has 0 atom stereocenters. The molecule has 0 radical (unpaired) electrons. The van der Waals surface area contributed by atoms with Gasteiger partial charge in [0.15, 0.2) is 0 Å². The van der Waals surface area contributed by atoms with Crippen LogP contribution in [0.25, 0.3) is 0 Å². The normalized spacial score (nSPS) is 15.0. The minimum Gasteiger partial charge on any atom is -0.340 e. The first kappa shape index (κ1) is 13.6. The first-order chi connectivity index (χ1) is 8.72. The highest BCUT2D eigenvalue weighted by Crippen LogP contribution is 2.29.